The highest BCUT2D eigenvalue weighted by Gasteiger charge is 1.96. The summed E-state index contributed by atoms with van der Waals surface area (Å²) >= 11 is 6.97. The average molecular weight is 250 g/mol. The van der Waals surface area contributed by atoms with Gasteiger partial charge in [0.05, 0.1) is 17.4 Å². The Morgan fingerprint density at radius 3 is 2.75 bits per heavy atom. The monoisotopic (exact) mass is 249 g/mol. The summed E-state index contributed by atoms with van der Waals surface area (Å²) in [6.07, 6.45) is 0. The summed E-state index contributed by atoms with van der Waals surface area (Å²) in [7, 11) is 0. The maximum atomic E-state index is 10.6. The van der Waals surface area contributed by atoms with Crippen LogP contribution < -0.4 is 0 Å². The van der Waals surface area contributed by atoms with E-state index in [2.05, 4.69) is 11.8 Å². The molecule has 2 nitrogen and oxygen atoms in total. The van der Waals surface area contributed by atoms with Gasteiger partial charge in [0, 0.05) is 17.5 Å². The number of hydrogen-bond acceptors (Lipinski definition) is 3. The number of thioether (sulfide) groups is 1. The van der Waals surface area contributed by atoms with Gasteiger partial charge in [0.25, 0.3) is 0 Å². The second kappa shape index (κ2) is 6.23. The summed E-state index contributed by atoms with van der Waals surface area (Å²) in [5.74, 6) is 6.14. The van der Waals surface area contributed by atoms with Crippen LogP contribution in [0.5, 0.6) is 0 Å². The second-order valence-corrected chi connectivity index (χ2v) is 4.51. The zero-order valence-corrected chi connectivity index (χ0v) is 10.2. The molecule has 1 aromatic rings. The van der Waals surface area contributed by atoms with E-state index >= 15 is 0 Å². The van der Waals surface area contributed by atoms with Crippen LogP contribution in [0.1, 0.15) is 18.1 Å². The number of rotatable bonds is 1. The molecule has 0 unspecified atom stereocenters. The molecule has 0 radical (unpaired) electrons. The van der Waals surface area contributed by atoms with E-state index in [-0.39, 0.29) is 5.12 Å². The fraction of sp³-hybridized carbons (Fsp3) is 0.167. The fourth-order valence-electron chi connectivity index (χ4n) is 1.00. The summed E-state index contributed by atoms with van der Waals surface area (Å²) in [6.45, 7) is 1.50. The topological polar surface area (TPSA) is 40.9 Å². The van der Waals surface area contributed by atoms with E-state index in [4.69, 9.17) is 16.9 Å². The summed E-state index contributed by atoms with van der Waals surface area (Å²) < 4.78 is 0. The Balaban J connectivity index is 2.77. The van der Waals surface area contributed by atoms with Crippen molar-refractivity contribution in [2.24, 2.45) is 0 Å². The molecule has 4 heteroatoms. The predicted octanol–water partition coefficient (Wildman–Crippen LogP) is 2.84. The van der Waals surface area contributed by atoms with Crippen LogP contribution in [0.15, 0.2) is 18.2 Å². The van der Waals surface area contributed by atoms with Crippen LogP contribution >= 0.6 is 23.4 Å². The molecule has 0 heterocycles. The van der Waals surface area contributed by atoms with Gasteiger partial charge in [-0.05, 0) is 18.2 Å². The van der Waals surface area contributed by atoms with Crippen molar-refractivity contribution in [3.05, 3.63) is 34.3 Å². The molecule has 1 aromatic carbocycles. The molecule has 1 rings (SSSR count). The Bertz CT molecular complexity index is 508. The van der Waals surface area contributed by atoms with Crippen LogP contribution in [0.3, 0.4) is 0 Å². The van der Waals surface area contributed by atoms with Gasteiger partial charge in [-0.15, -0.1) is 0 Å². The van der Waals surface area contributed by atoms with Crippen LogP contribution in [0.4, 0.5) is 0 Å². The molecule has 0 atom stereocenters. The summed E-state index contributed by atoms with van der Waals surface area (Å²) in [5.41, 5.74) is 1.17. The molecular formula is C12H8ClNOS. The molecule has 0 aliphatic rings. The van der Waals surface area contributed by atoms with Crippen molar-refractivity contribution in [2.75, 3.05) is 5.75 Å². The lowest BCUT2D eigenvalue weighted by Crippen LogP contribution is -1.83. The SMILES string of the molecule is CC(=O)SCC#Cc1cc(Cl)cc(C#N)c1. The van der Waals surface area contributed by atoms with Gasteiger partial charge in [0.2, 0.25) is 0 Å². The van der Waals surface area contributed by atoms with E-state index in [9.17, 15) is 4.79 Å². The molecule has 0 aliphatic heterocycles. The van der Waals surface area contributed by atoms with E-state index in [0.717, 1.165) is 11.8 Å². The van der Waals surface area contributed by atoms with Gasteiger partial charge < -0.3 is 0 Å². The molecule has 0 saturated carbocycles. The third kappa shape index (κ3) is 4.40. The number of halogens is 1. The fourth-order valence-corrected chi connectivity index (χ4v) is 1.58. The molecule has 16 heavy (non-hydrogen) atoms. The van der Waals surface area contributed by atoms with Crippen molar-refractivity contribution in [2.45, 2.75) is 6.92 Å². The molecular weight excluding hydrogens is 242 g/mol. The van der Waals surface area contributed by atoms with Crippen molar-refractivity contribution < 1.29 is 4.79 Å². The van der Waals surface area contributed by atoms with Gasteiger partial charge in [0.15, 0.2) is 5.12 Å². The maximum absolute atomic E-state index is 10.6. The largest absolute Gasteiger partial charge is 0.288 e. The van der Waals surface area contributed by atoms with E-state index in [1.807, 2.05) is 6.07 Å². The quantitative estimate of drug-likeness (QED) is 0.719. The van der Waals surface area contributed by atoms with Gasteiger partial charge in [-0.25, -0.2) is 0 Å². The molecule has 0 amide bonds. The van der Waals surface area contributed by atoms with Crippen LogP contribution in [0, 0.1) is 23.2 Å². The number of carbonyl (C=O) groups excluding carboxylic acids is 1. The number of benzene rings is 1. The number of nitrogens with zero attached hydrogens (tertiary/aromatic N) is 1. The first-order valence-corrected chi connectivity index (χ1v) is 5.81. The van der Waals surface area contributed by atoms with Crippen molar-refractivity contribution in [3.8, 4) is 17.9 Å². The lowest BCUT2D eigenvalue weighted by Gasteiger charge is -1.94. The van der Waals surface area contributed by atoms with Gasteiger partial charge >= 0.3 is 0 Å². The molecule has 0 spiro atoms. The Morgan fingerprint density at radius 1 is 1.44 bits per heavy atom. The lowest BCUT2D eigenvalue weighted by molar-refractivity contribution is -0.109. The van der Waals surface area contributed by atoms with Gasteiger partial charge in [0.1, 0.15) is 0 Å². The highest BCUT2D eigenvalue weighted by Crippen LogP contribution is 2.13. The van der Waals surface area contributed by atoms with Crippen LogP contribution in [0.2, 0.25) is 5.02 Å². The Kier molecular flexibility index (Phi) is 4.92. The predicted molar refractivity (Wildman–Crippen MR) is 66.2 cm³/mol. The zero-order chi connectivity index (χ0) is 12.0. The van der Waals surface area contributed by atoms with E-state index in [1.54, 1.807) is 18.2 Å². The summed E-state index contributed by atoms with van der Waals surface area (Å²) in [4.78, 5) is 10.6. The van der Waals surface area contributed by atoms with E-state index in [1.165, 1.54) is 6.92 Å². The highest BCUT2D eigenvalue weighted by atomic mass is 35.5. The Labute approximate surface area is 104 Å². The van der Waals surface area contributed by atoms with Crippen molar-refractivity contribution in [1.82, 2.24) is 0 Å². The van der Waals surface area contributed by atoms with E-state index < -0.39 is 0 Å². The average Bonchev–Trinajstić information content (AvgIpc) is 2.23. The number of nitriles is 1. The van der Waals surface area contributed by atoms with Crippen molar-refractivity contribution in [3.63, 3.8) is 0 Å². The van der Waals surface area contributed by atoms with Gasteiger partial charge in [-0.3, -0.25) is 4.79 Å². The summed E-state index contributed by atoms with van der Waals surface area (Å²) in [6, 6.07) is 6.94. The summed E-state index contributed by atoms with van der Waals surface area (Å²) in [5, 5.41) is 9.25. The van der Waals surface area contributed by atoms with E-state index in [0.29, 0.717) is 21.9 Å². The standard InChI is InChI=1S/C12H8ClNOS/c1-9(15)16-4-2-3-10-5-11(8-14)7-12(13)6-10/h5-7H,4H2,1H3. The molecule has 0 bridgehead atoms. The van der Waals surface area contributed by atoms with Crippen molar-refractivity contribution in [1.29, 1.82) is 5.26 Å². The smallest absolute Gasteiger partial charge is 0.186 e. The minimum atomic E-state index is 0.0399. The molecule has 0 aromatic heterocycles. The van der Waals surface area contributed by atoms with Crippen molar-refractivity contribution >= 4 is 28.5 Å². The number of carbonyl (C=O) groups is 1. The van der Waals surface area contributed by atoms with Gasteiger partial charge in [-0.2, -0.15) is 5.26 Å². The molecule has 80 valence electrons. The Hall–Kier alpha value is -1.42. The first kappa shape index (κ1) is 12.6. The first-order chi connectivity index (χ1) is 7.61. The maximum Gasteiger partial charge on any atom is 0.186 e. The highest BCUT2D eigenvalue weighted by molar-refractivity contribution is 8.13. The zero-order valence-electron chi connectivity index (χ0n) is 8.58. The minimum Gasteiger partial charge on any atom is -0.288 e. The molecule has 0 fully saturated rings. The first-order valence-electron chi connectivity index (χ1n) is 4.45. The lowest BCUT2D eigenvalue weighted by atomic mass is 10.1. The second-order valence-electron chi connectivity index (χ2n) is 2.92. The molecule has 0 N–H and O–H groups in total. The van der Waals surface area contributed by atoms with Crippen LogP contribution in [-0.4, -0.2) is 10.9 Å². The third-order valence-electron chi connectivity index (χ3n) is 1.61. The molecule has 0 aliphatic carbocycles. The number of hydrogen-bond donors (Lipinski definition) is 0. The van der Waals surface area contributed by atoms with Crippen LogP contribution in [-0.2, 0) is 4.79 Å². The Morgan fingerprint density at radius 2 is 2.12 bits per heavy atom. The molecule has 0 saturated heterocycles. The van der Waals surface area contributed by atoms with Crippen LogP contribution in [0.25, 0.3) is 0 Å². The third-order valence-corrected chi connectivity index (χ3v) is 2.52. The van der Waals surface area contributed by atoms with Gasteiger partial charge in [-0.1, -0.05) is 35.2 Å². The normalized spacial score (nSPS) is 8.81. The minimum absolute atomic E-state index is 0.0399.